The van der Waals surface area contributed by atoms with Crippen LogP contribution in [-0.4, -0.2) is 22.1 Å². The first-order valence-corrected chi connectivity index (χ1v) is 9.75. The molecule has 5 heteroatoms. The van der Waals surface area contributed by atoms with Gasteiger partial charge in [-0.2, -0.15) is 0 Å². The normalized spacial score (nSPS) is 13.6. The lowest BCUT2D eigenvalue weighted by Crippen LogP contribution is -2.25. The Kier molecular flexibility index (Phi) is 4.09. The Balaban J connectivity index is 1.52. The number of nitrogens with zero attached hydrogens (tertiary/aromatic N) is 1. The summed E-state index contributed by atoms with van der Waals surface area (Å²) in [6.45, 7) is 6.24. The van der Waals surface area contributed by atoms with Crippen molar-refractivity contribution in [3.63, 3.8) is 0 Å². The molecule has 1 aliphatic carbocycles. The monoisotopic (exact) mass is 383 g/mol. The van der Waals surface area contributed by atoms with E-state index in [9.17, 15) is 4.79 Å². The van der Waals surface area contributed by atoms with E-state index < -0.39 is 0 Å². The topological polar surface area (TPSA) is 70.9 Å². The molecule has 0 saturated heterocycles. The minimum atomic E-state index is -0.0226. The number of rotatable bonds is 5. The predicted molar refractivity (Wildman–Crippen MR) is 114 cm³/mol. The summed E-state index contributed by atoms with van der Waals surface area (Å²) in [6, 6.07) is 16.0. The number of amides is 1. The molecule has 5 nitrogen and oxygen atoms in total. The summed E-state index contributed by atoms with van der Waals surface area (Å²) in [5.74, 6) is 0.703. The Labute approximate surface area is 168 Å². The first-order chi connectivity index (χ1) is 14.1. The number of nitrogens with one attached hydrogen (secondary N) is 2. The van der Waals surface area contributed by atoms with E-state index in [1.807, 2.05) is 61.7 Å². The van der Waals surface area contributed by atoms with Crippen LogP contribution in [0.5, 0.6) is 0 Å². The van der Waals surface area contributed by atoms with Crippen molar-refractivity contribution in [3.8, 4) is 11.3 Å². The summed E-state index contributed by atoms with van der Waals surface area (Å²) in [5.41, 5.74) is 6.03. The van der Waals surface area contributed by atoms with Gasteiger partial charge in [-0.3, -0.25) is 4.79 Å². The number of hydrogen-bond acceptors (Lipinski definition) is 3. The Morgan fingerprint density at radius 2 is 2.00 bits per heavy atom. The fourth-order valence-electron chi connectivity index (χ4n) is 3.67. The van der Waals surface area contributed by atoms with Gasteiger partial charge in [0, 0.05) is 39.8 Å². The summed E-state index contributed by atoms with van der Waals surface area (Å²) >= 11 is 0. The van der Waals surface area contributed by atoms with Crippen LogP contribution in [0.2, 0.25) is 0 Å². The van der Waals surface area contributed by atoms with Crippen molar-refractivity contribution in [1.29, 1.82) is 0 Å². The summed E-state index contributed by atoms with van der Waals surface area (Å²) in [4.78, 5) is 15.6. The lowest BCUT2D eigenvalue weighted by molar-refractivity contribution is 0.0951. The summed E-state index contributed by atoms with van der Waals surface area (Å²) < 4.78 is 5.50. The van der Waals surface area contributed by atoms with Gasteiger partial charge in [0.2, 0.25) is 0 Å². The van der Waals surface area contributed by atoms with Gasteiger partial charge in [-0.25, -0.2) is 0 Å². The second kappa shape index (κ2) is 6.78. The van der Waals surface area contributed by atoms with Crippen molar-refractivity contribution >= 4 is 22.4 Å². The molecular weight excluding hydrogens is 362 g/mol. The Morgan fingerprint density at radius 3 is 2.76 bits per heavy atom. The van der Waals surface area contributed by atoms with Gasteiger partial charge < -0.3 is 14.8 Å². The van der Waals surface area contributed by atoms with Gasteiger partial charge in [-0.1, -0.05) is 48.1 Å². The van der Waals surface area contributed by atoms with Gasteiger partial charge in [-0.15, -0.1) is 0 Å². The van der Waals surface area contributed by atoms with Crippen molar-refractivity contribution in [3.05, 3.63) is 83.8 Å². The summed E-state index contributed by atoms with van der Waals surface area (Å²) in [7, 11) is 0. The van der Waals surface area contributed by atoms with Gasteiger partial charge in [0.25, 0.3) is 5.91 Å². The lowest BCUT2D eigenvalue weighted by Gasteiger charge is -2.07. The number of aromatic amines is 1. The molecule has 1 saturated carbocycles. The molecule has 0 aliphatic heterocycles. The number of carbonyl (C=O) groups excluding carboxylic acids is 1. The van der Waals surface area contributed by atoms with Crippen LogP contribution < -0.4 is 5.32 Å². The Morgan fingerprint density at radius 1 is 1.21 bits per heavy atom. The molecule has 1 amide bonds. The maximum atomic E-state index is 12.3. The molecule has 5 rings (SSSR count). The standard InChI is InChI=1S/C24H21N3O2/c1-14(22-15(2)29-27-23(22)16-6-4-3-5-7-16)20-13-25-21-12-17(8-11-19(20)21)24(28)26-18-9-10-18/h3-8,11-13,18,25H,1,9-10H2,2H3,(H,26,28). The largest absolute Gasteiger partial charge is 0.361 e. The van der Waals surface area contributed by atoms with Gasteiger partial charge in [0.1, 0.15) is 11.5 Å². The number of aryl methyl sites for hydroxylation is 1. The second-order valence-corrected chi connectivity index (χ2v) is 7.52. The molecule has 4 aromatic rings. The average molecular weight is 383 g/mol. The highest BCUT2D eigenvalue weighted by molar-refractivity contribution is 6.03. The summed E-state index contributed by atoms with van der Waals surface area (Å²) in [6.07, 6.45) is 4.07. The molecule has 0 bridgehead atoms. The number of H-pyrrole nitrogens is 1. The predicted octanol–water partition coefficient (Wildman–Crippen LogP) is 5.09. The van der Waals surface area contributed by atoms with Crippen LogP contribution in [0.4, 0.5) is 0 Å². The van der Waals surface area contributed by atoms with Gasteiger partial charge in [0.05, 0.1) is 5.56 Å². The molecule has 144 valence electrons. The van der Waals surface area contributed by atoms with Crippen molar-refractivity contribution in [2.45, 2.75) is 25.8 Å². The van der Waals surface area contributed by atoms with Crippen molar-refractivity contribution < 1.29 is 9.32 Å². The molecule has 0 unspecified atom stereocenters. The number of carbonyl (C=O) groups is 1. The first kappa shape index (κ1) is 17.5. The average Bonchev–Trinajstić information content (AvgIpc) is 3.32. The smallest absolute Gasteiger partial charge is 0.251 e. The number of fused-ring (bicyclic) bond motifs is 1. The second-order valence-electron chi connectivity index (χ2n) is 7.52. The molecule has 2 N–H and O–H groups in total. The number of benzene rings is 2. The van der Waals surface area contributed by atoms with E-state index in [1.165, 1.54) is 0 Å². The third-order valence-electron chi connectivity index (χ3n) is 5.39. The van der Waals surface area contributed by atoms with Gasteiger partial charge in [0.15, 0.2) is 0 Å². The maximum absolute atomic E-state index is 12.3. The molecule has 29 heavy (non-hydrogen) atoms. The third kappa shape index (κ3) is 3.14. The first-order valence-electron chi connectivity index (χ1n) is 9.75. The minimum absolute atomic E-state index is 0.0226. The van der Waals surface area contributed by atoms with E-state index in [2.05, 4.69) is 22.0 Å². The van der Waals surface area contributed by atoms with E-state index in [1.54, 1.807) is 0 Å². The molecule has 2 aromatic carbocycles. The SMILES string of the molecule is C=C(c1c(-c2ccccc2)noc1C)c1c[nH]c2cc(C(=O)NC3CC3)ccc12. The zero-order valence-electron chi connectivity index (χ0n) is 16.2. The fourth-order valence-corrected chi connectivity index (χ4v) is 3.67. The number of hydrogen-bond donors (Lipinski definition) is 2. The molecule has 0 spiro atoms. The summed E-state index contributed by atoms with van der Waals surface area (Å²) in [5, 5.41) is 8.31. The lowest BCUT2D eigenvalue weighted by atomic mass is 9.94. The van der Waals surface area contributed by atoms with Crippen LogP contribution in [0.25, 0.3) is 27.7 Å². The van der Waals surface area contributed by atoms with Crippen LogP contribution >= 0.6 is 0 Å². The molecule has 2 heterocycles. The van der Waals surface area contributed by atoms with Gasteiger partial charge in [-0.05, 0) is 37.5 Å². The zero-order valence-corrected chi connectivity index (χ0v) is 16.2. The van der Waals surface area contributed by atoms with E-state index in [0.29, 0.717) is 11.6 Å². The molecule has 0 atom stereocenters. The van der Waals surface area contributed by atoms with Crippen molar-refractivity contribution in [2.24, 2.45) is 0 Å². The quantitative estimate of drug-likeness (QED) is 0.504. The molecule has 1 fully saturated rings. The van der Waals surface area contributed by atoms with Crippen LogP contribution in [0.15, 0.2) is 65.8 Å². The maximum Gasteiger partial charge on any atom is 0.251 e. The van der Waals surface area contributed by atoms with E-state index in [4.69, 9.17) is 4.52 Å². The van der Waals surface area contributed by atoms with Crippen molar-refractivity contribution in [1.82, 2.24) is 15.5 Å². The third-order valence-corrected chi connectivity index (χ3v) is 5.39. The van der Waals surface area contributed by atoms with Crippen LogP contribution in [0.1, 0.15) is 40.1 Å². The highest BCUT2D eigenvalue weighted by Gasteiger charge is 2.24. The Bertz CT molecular complexity index is 1230. The van der Waals surface area contributed by atoms with Crippen LogP contribution in [-0.2, 0) is 0 Å². The molecule has 2 aromatic heterocycles. The molecule has 0 radical (unpaired) electrons. The van der Waals surface area contributed by atoms with Gasteiger partial charge >= 0.3 is 0 Å². The molecular formula is C24H21N3O2. The zero-order chi connectivity index (χ0) is 20.0. The fraction of sp³-hybridized carbons (Fsp3) is 0.167. The van der Waals surface area contributed by atoms with Crippen molar-refractivity contribution in [2.75, 3.05) is 0 Å². The highest BCUT2D eigenvalue weighted by Crippen LogP contribution is 2.36. The number of aromatic nitrogens is 2. The van der Waals surface area contributed by atoms with Crippen LogP contribution in [0.3, 0.4) is 0 Å². The highest BCUT2D eigenvalue weighted by atomic mass is 16.5. The van der Waals surface area contributed by atoms with Crippen LogP contribution in [0, 0.1) is 6.92 Å². The Hall–Kier alpha value is -3.60. The molecule has 1 aliphatic rings. The van der Waals surface area contributed by atoms with E-state index in [0.717, 1.165) is 57.5 Å². The minimum Gasteiger partial charge on any atom is -0.361 e. The van der Waals surface area contributed by atoms with E-state index >= 15 is 0 Å². The van der Waals surface area contributed by atoms with E-state index in [-0.39, 0.29) is 5.91 Å².